The number of benzene rings is 3. The summed E-state index contributed by atoms with van der Waals surface area (Å²) in [6.07, 6.45) is -3.13. The molecule has 3 aromatic carbocycles. The monoisotopic (exact) mass is 365 g/mol. The smallest absolute Gasteiger partial charge is 0.418 e. The van der Waals surface area contributed by atoms with Crippen molar-refractivity contribution in [3.05, 3.63) is 90.6 Å². The first-order valence-electron chi connectivity index (χ1n) is 8.31. The molecule has 0 radical (unpaired) electrons. The van der Waals surface area contributed by atoms with Crippen LogP contribution in [-0.4, -0.2) is 4.98 Å². The van der Waals surface area contributed by atoms with Crippen molar-refractivity contribution >= 4 is 10.9 Å². The highest BCUT2D eigenvalue weighted by Crippen LogP contribution is 2.41. The Hall–Kier alpha value is -3.34. The van der Waals surface area contributed by atoms with Crippen molar-refractivity contribution < 1.29 is 17.9 Å². The number of hydrogen-bond donors (Lipinski definition) is 0. The molecule has 0 fully saturated rings. The van der Waals surface area contributed by atoms with Crippen LogP contribution in [0.4, 0.5) is 13.2 Å². The molecule has 0 N–H and O–H groups in total. The van der Waals surface area contributed by atoms with Gasteiger partial charge < -0.3 is 4.74 Å². The quantitative estimate of drug-likeness (QED) is 0.402. The Bertz CT molecular complexity index is 1080. The van der Waals surface area contributed by atoms with Crippen molar-refractivity contribution in [3.8, 4) is 22.6 Å². The van der Waals surface area contributed by atoms with Crippen LogP contribution < -0.4 is 4.74 Å². The maximum absolute atomic E-state index is 13.4. The van der Waals surface area contributed by atoms with Gasteiger partial charge in [-0.15, -0.1) is 0 Å². The summed E-state index contributed by atoms with van der Waals surface area (Å²) in [5.41, 5.74) is 0.485. The number of rotatable bonds is 3. The Kier molecular flexibility index (Phi) is 4.28. The Morgan fingerprint density at radius 2 is 1.41 bits per heavy atom. The minimum absolute atomic E-state index is 0.0933. The molecule has 0 saturated heterocycles. The summed E-state index contributed by atoms with van der Waals surface area (Å²) >= 11 is 0. The maximum Gasteiger partial charge on any atom is 0.418 e. The third-order valence-corrected chi connectivity index (χ3v) is 4.20. The largest absolute Gasteiger partial charge is 0.455 e. The van der Waals surface area contributed by atoms with Crippen LogP contribution in [-0.2, 0) is 6.18 Å². The Balaban J connectivity index is 1.99. The predicted octanol–water partition coefficient (Wildman–Crippen LogP) is 6.71. The van der Waals surface area contributed by atoms with Crippen LogP contribution in [0.5, 0.6) is 11.5 Å². The molecule has 0 bridgehead atoms. The van der Waals surface area contributed by atoms with Crippen LogP contribution in [0.15, 0.2) is 85.1 Å². The number of halogens is 3. The molecule has 0 aliphatic rings. The Labute approximate surface area is 153 Å². The molecule has 0 spiro atoms. The van der Waals surface area contributed by atoms with Gasteiger partial charge in [0.25, 0.3) is 0 Å². The zero-order valence-corrected chi connectivity index (χ0v) is 14.1. The lowest BCUT2D eigenvalue weighted by molar-refractivity contribution is -0.136. The van der Waals surface area contributed by atoms with Gasteiger partial charge in [0.2, 0.25) is 0 Å². The highest BCUT2D eigenvalue weighted by atomic mass is 19.4. The molecule has 0 unspecified atom stereocenters. The second kappa shape index (κ2) is 6.76. The molecular weight excluding hydrogens is 351 g/mol. The standard InChI is InChI=1S/C22H14F3NO/c23-22(24,25)18-13-7-12-17-20(15-8-3-1-4-9-15)19(14-26-21(17)18)27-16-10-5-2-6-11-16/h1-14H. The second-order valence-corrected chi connectivity index (χ2v) is 5.98. The van der Waals surface area contributed by atoms with E-state index in [1.807, 2.05) is 48.5 Å². The third kappa shape index (κ3) is 3.36. The molecule has 2 nitrogen and oxygen atoms in total. The van der Waals surface area contributed by atoms with Crippen molar-refractivity contribution in [2.24, 2.45) is 0 Å². The van der Waals surface area contributed by atoms with Gasteiger partial charge in [-0.05, 0) is 23.8 Å². The SMILES string of the molecule is FC(F)(F)c1cccc2c(-c3ccccc3)c(Oc3ccccc3)cnc12. The first kappa shape index (κ1) is 17.1. The summed E-state index contributed by atoms with van der Waals surface area (Å²) in [7, 11) is 0. The van der Waals surface area contributed by atoms with Crippen LogP contribution in [0.3, 0.4) is 0 Å². The molecule has 1 heterocycles. The number of fused-ring (bicyclic) bond motifs is 1. The lowest BCUT2D eigenvalue weighted by Crippen LogP contribution is -2.07. The van der Waals surface area contributed by atoms with Crippen LogP contribution in [0.1, 0.15) is 5.56 Å². The van der Waals surface area contributed by atoms with Gasteiger partial charge in [0.05, 0.1) is 17.3 Å². The number of pyridine rings is 1. The summed E-state index contributed by atoms with van der Waals surface area (Å²) in [6, 6.07) is 22.4. The molecule has 5 heteroatoms. The summed E-state index contributed by atoms with van der Waals surface area (Å²) in [5, 5.41) is 0.393. The number of nitrogens with zero attached hydrogens (tertiary/aromatic N) is 1. The molecule has 0 aliphatic carbocycles. The average Bonchev–Trinajstić information content (AvgIpc) is 2.68. The molecular formula is C22H14F3NO. The van der Waals surface area contributed by atoms with E-state index in [2.05, 4.69) is 4.98 Å². The van der Waals surface area contributed by atoms with Crippen LogP contribution >= 0.6 is 0 Å². The molecule has 4 aromatic rings. The third-order valence-electron chi connectivity index (χ3n) is 4.20. The number of ether oxygens (including phenoxy) is 1. The maximum atomic E-state index is 13.4. The lowest BCUT2D eigenvalue weighted by atomic mass is 9.98. The van der Waals surface area contributed by atoms with Gasteiger partial charge in [0.1, 0.15) is 5.75 Å². The Morgan fingerprint density at radius 1 is 0.741 bits per heavy atom. The van der Waals surface area contributed by atoms with Crippen LogP contribution in [0, 0.1) is 0 Å². The number of alkyl halides is 3. The van der Waals surface area contributed by atoms with E-state index in [9.17, 15) is 13.2 Å². The number of aromatic nitrogens is 1. The predicted molar refractivity (Wildman–Crippen MR) is 98.7 cm³/mol. The van der Waals surface area contributed by atoms with Crippen LogP contribution in [0.2, 0.25) is 0 Å². The van der Waals surface area contributed by atoms with Gasteiger partial charge in [0, 0.05) is 10.9 Å². The zero-order valence-electron chi connectivity index (χ0n) is 14.1. The second-order valence-electron chi connectivity index (χ2n) is 5.98. The summed E-state index contributed by atoms with van der Waals surface area (Å²) < 4.78 is 46.2. The number of para-hydroxylation sites is 2. The van der Waals surface area contributed by atoms with E-state index >= 15 is 0 Å². The van der Waals surface area contributed by atoms with Crippen molar-refractivity contribution in [2.45, 2.75) is 6.18 Å². The van der Waals surface area contributed by atoms with Gasteiger partial charge >= 0.3 is 6.18 Å². The molecule has 4 rings (SSSR count). The molecule has 0 amide bonds. The fraction of sp³-hybridized carbons (Fsp3) is 0.0455. The minimum atomic E-state index is -4.48. The fourth-order valence-corrected chi connectivity index (χ4v) is 3.03. The van der Waals surface area contributed by atoms with E-state index < -0.39 is 11.7 Å². The minimum Gasteiger partial charge on any atom is -0.455 e. The normalized spacial score (nSPS) is 11.5. The number of hydrogen-bond acceptors (Lipinski definition) is 2. The topological polar surface area (TPSA) is 22.1 Å². The summed E-state index contributed by atoms with van der Waals surface area (Å²) in [4.78, 5) is 4.08. The van der Waals surface area contributed by atoms with Crippen molar-refractivity contribution in [3.63, 3.8) is 0 Å². The van der Waals surface area contributed by atoms with Gasteiger partial charge in [-0.25, -0.2) is 0 Å². The van der Waals surface area contributed by atoms with E-state index in [0.29, 0.717) is 22.4 Å². The first-order valence-corrected chi connectivity index (χ1v) is 8.31. The van der Waals surface area contributed by atoms with Gasteiger partial charge in [0.15, 0.2) is 5.75 Å². The lowest BCUT2D eigenvalue weighted by Gasteiger charge is -2.16. The van der Waals surface area contributed by atoms with Crippen LogP contribution in [0.25, 0.3) is 22.0 Å². The van der Waals surface area contributed by atoms with Gasteiger partial charge in [-0.1, -0.05) is 60.7 Å². The fourth-order valence-electron chi connectivity index (χ4n) is 3.03. The van der Waals surface area contributed by atoms with E-state index in [-0.39, 0.29) is 5.52 Å². The molecule has 0 aliphatic heterocycles. The molecule has 0 atom stereocenters. The molecule has 134 valence electrons. The van der Waals surface area contributed by atoms with E-state index in [4.69, 9.17) is 4.74 Å². The first-order chi connectivity index (χ1) is 13.0. The summed E-state index contributed by atoms with van der Waals surface area (Å²) in [5.74, 6) is 0.988. The van der Waals surface area contributed by atoms with Crippen molar-refractivity contribution in [2.75, 3.05) is 0 Å². The highest BCUT2D eigenvalue weighted by Gasteiger charge is 2.33. The molecule has 1 aromatic heterocycles. The average molecular weight is 365 g/mol. The van der Waals surface area contributed by atoms with Gasteiger partial charge in [-0.2, -0.15) is 13.2 Å². The Morgan fingerprint density at radius 3 is 2.07 bits per heavy atom. The molecule has 27 heavy (non-hydrogen) atoms. The van der Waals surface area contributed by atoms with Crippen molar-refractivity contribution in [1.82, 2.24) is 4.98 Å². The van der Waals surface area contributed by atoms with E-state index in [1.165, 1.54) is 12.3 Å². The molecule has 0 saturated carbocycles. The van der Waals surface area contributed by atoms with E-state index in [0.717, 1.165) is 11.6 Å². The van der Waals surface area contributed by atoms with E-state index in [1.54, 1.807) is 18.2 Å². The summed E-state index contributed by atoms with van der Waals surface area (Å²) in [6.45, 7) is 0. The van der Waals surface area contributed by atoms with Crippen molar-refractivity contribution in [1.29, 1.82) is 0 Å². The zero-order chi connectivity index (χ0) is 18.9. The van der Waals surface area contributed by atoms with Gasteiger partial charge in [-0.3, -0.25) is 4.98 Å². The highest BCUT2D eigenvalue weighted by molar-refractivity contribution is 5.99.